The lowest BCUT2D eigenvalue weighted by Crippen LogP contribution is -2.34. The molecule has 6 nitrogen and oxygen atoms in total. The first-order valence-corrected chi connectivity index (χ1v) is 8.66. The Bertz CT molecular complexity index is 815. The first-order chi connectivity index (χ1) is 12.3. The van der Waals surface area contributed by atoms with Crippen LogP contribution in [0.3, 0.4) is 0 Å². The molecule has 4 rings (SSSR count). The Kier molecular flexibility index (Phi) is 4.52. The summed E-state index contributed by atoms with van der Waals surface area (Å²) in [4.78, 5) is 11.0. The SMILES string of the molecule is Cc1cnc(-c2nnc(C3CCCN(Cc4ccccc4)C3)o2)cn1. The van der Waals surface area contributed by atoms with Gasteiger partial charge in [0.05, 0.1) is 17.8 Å². The number of aromatic nitrogens is 4. The lowest BCUT2D eigenvalue weighted by molar-refractivity contribution is 0.186. The highest BCUT2D eigenvalue weighted by atomic mass is 16.4. The second kappa shape index (κ2) is 7.11. The van der Waals surface area contributed by atoms with E-state index < -0.39 is 0 Å². The summed E-state index contributed by atoms with van der Waals surface area (Å²) in [6.07, 6.45) is 5.60. The molecule has 0 spiro atoms. The molecule has 6 heteroatoms. The maximum absolute atomic E-state index is 5.90. The van der Waals surface area contributed by atoms with Gasteiger partial charge < -0.3 is 4.42 Å². The standard InChI is InChI=1S/C19H21N5O/c1-14-10-21-17(11-20-14)19-23-22-18(25-19)16-8-5-9-24(13-16)12-15-6-3-2-4-7-15/h2-4,6-7,10-11,16H,5,8-9,12-13H2,1H3. The largest absolute Gasteiger partial charge is 0.419 e. The van der Waals surface area contributed by atoms with Crippen LogP contribution in [0.2, 0.25) is 0 Å². The van der Waals surface area contributed by atoms with Crippen molar-refractivity contribution < 1.29 is 4.42 Å². The minimum atomic E-state index is 0.275. The third-order valence-electron chi connectivity index (χ3n) is 4.54. The van der Waals surface area contributed by atoms with Crippen molar-refractivity contribution in [2.24, 2.45) is 0 Å². The van der Waals surface area contributed by atoms with E-state index in [1.807, 2.05) is 6.92 Å². The molecule has 1 aromatic carbocycles. The second-order valence-corrected chi connectivity index (χ2v) is 6.55. The van der Waals surface area contributed by atoms with Gasteiger partial charge in [0.15, 0.2) is 0 Å². The molecule has 0 aliphatic carbocycles. The fraction of sp³-hybridized carbons (Fsp3) is 0.368. The number of nitrogens with zero attached hydrogens (tertiary/aromatic N) is 5. The zero-order valence-corrected chi connectivity index (χ0v) is 14.3. The zero-order valence-electron chi connectivity index (χ0n) is 14.3. The van der Waals surface area contributed by atoms with Crippen molar-refractivity contribution in [3.8, 4) is 11.6 Å². The summed E-state index contributed by atoms with van der Waals surface area (Å²) in [6, 6.07) is 10.6. The molecule has 1 atom stereocenters. The Hall–Kier alpha value is -2.60. The minimum Gasteiger partial charge on any atom is -0.419 e. The van der Waals surface area contributed by atoms with E-state index in [9.17, 15) is 0 Å². The van der Waals surface area contributed by atoms with E-state index in [2.05, 4.69) is 55.4 Å². The van der Waals surface area contributed by atoms with Crippen LogP contribution in [0.25, 0.3) is 11.6 Å². The van der Waals surface area contributed by atoms with Gasteiger partial charge in [-0.25, -0.2) is 4.98 Å². The molecule has 0 radical (unpaired) electrons. The van der Waals surface area contributed by atoms with Gasteiger partial charge in [-0.3, -0.25) is 9.88 Å². The van der Waals surface area contributed by atoms with E-state index >= 15 is 0 Å². The molecule has 1 aliphatic rings. The van der Waals surface area contributed by atoms with Crippen molar-refractivity contribution >= 4 is 0 Å². The van der Waals surface area contributed by atoms with Crippen molar-refractivity contribution in [2.45, 2.75) is 32.2 Å². The molecule has 1 fully saturated rings. The molecule has 0 N–H and O–H groups in total. The molecule has 25 heavy (non-hydrogen) atoms. The van der Waals surface area contributed by atoms with Crippen molar-refractivity contribution in [2.75, 3.05) is 13.1 Å². The third-order valence-corrected chi connectivity index (χ3v) is 4.54. The molecular formula is C19H21N5O. The number of rotatable bonds is 4. The summed E-state index contributed by atoms with van der Waals surface area (Å²) in [7, 11) is 0. The van der Waals surface area contributed by atoms with Gasteiger partial charge in [0.1, 0.15) is 5.69 Å². The van der Waals surface area contributed by atoms with Crippen molar-refractivity contribution in [1.82, 2.24) is 25.1 Å². The van der Waals surface area contributed by atoms with Gasteiger partial charge in [-0.1, -0.05) is 30.3 Å². The Morgan fingerprint density at radius 1 is 1.12 bits per heavy atom. The summed E-state index contributed by atoms with van der Waals surface area (Å²) >= 11 is 0. The summed E-state index contributed by atoms with van der Waals surface area (Å²) in [5.41, 5.74) is 2.83. The maximum Gasteiger partial charge on any atom is 0.267 e. The number of likely N-dealkylation sites (tertiary alicyclic amines) is 1. The summed E-state index contributed by atoms with van der Waals surface area (Å²) < 4.78 is 5.90. The highest BCUT2D eigenvalue weighted by Gasteiger charge is 2.26. The average Bonchev–Trinajstić information content (AvgIpc) is 3.14. The van der Waals surface area contributed by atoms with Crippen molar-refractivity contribution in [3.63, 3.8) is 0 Å². The predicted molar refractivity (Wildman–Crippen MR) is 93.8 cm³/mol. The van der Waals surface area contributed by atoms with Crippen molar-refractivity contribution in [1.29, 1.82) is 0 Å². The van der Waals surface area contributed by atoms with Gasteiger partial charge in [-0.2, -0.15) is 0 Å². The quantitative estimate of drug-likeness (QED) is 0.729. The maximum atomic E-state index is 5.90. The fourth-order valence-corrected chi connectivity index (χ4v) is 3.25. The lowest BCUT2D eigenvalue weighted by Gasteiger charge is -2.31. The fourth-order valence-electron chi connectivity index (χ4n) is 3.25. The van der Waals surface area contributed by atoms with E-state index in [0.29, 0.717) is 17.5 Å². The average molecular weight is 335 g/mol. The van der Waals surface area contributed by atoms with E-state index in [1.54, 1.807) is 12.4 Å². The number of aryl methyl sites for hydroxylation is 1. The van der Waals surface area contributed by atoms with E-state index in [-0.39, 0.29) is 5.92 Å². The summed E-state index contributed by atoms with van der Waals surface area (Å²) in [5.74, 6) is 1.43. The van der Waals surface area contributed by atoms with Crippen LogP contribution in [0.5, 0.6) is 0 Å². The Balaban J connectivity index is 1.45. The molecule has 2 aromatic heterocycles. The number of hydrogen-bond acceptors (Lipinski definition) is 6. The minimum absolute atomic E-state index is 0.275. The van der Waals surface area contributed by atoms with Gasteiger partial charge in [-0.05, 0) is 31.9 Å². The molecule has 1 saturated heterocycles. The van der Waals surface area contributed by atoms with E-state index in [0.717, 1.165) is 38.2 Å². The van der Waals surface area contributed by atoms with E-state index in [1.165, 1.54) is 5.56 Å². The number of piperidine rings is 1. The Morgan fingerprint density at radius 3 is 2.80 bits per heavy atom. The molecule has 128 valence electrons. The van der Waals surface area contributed by atoms with Crippen LogP contribution in [0.4, 0.5) is 0 Å². The van der Waals surface area contributed by atoms with Gasteiger partial charge >= 0.3 is 0 Å². The highest BCUT2D eigenvalue weighted by molar-refractivity contribution is 5.43. The van der Waals surface area contributed by atoms with Gasteiger partial charge in [0.25, 0.3) is 5.89 Å². The van der Waals surface area contributed by atoms with Crippen LogP contribution in [-0.2, 0) is 6.54 Å². The predicted octanol–water partition coefficient (Wildman–Crippen LogP) is 3.21. The molecule has 0 saturated carbocycles. The number of hydrogen-bond donors (Lipinski definition) is 0. The van der Waals surface area contributed by atoms with E-state index in [4.69, 9.17) is 4.42 Å². The zero-order chi connectivity index (χ0) is 17.1. The molecule has 3 heterocycles. The molecule has 1 aliphatic heterocycles. The van der Waals surface area contributed by atoms with Crippen LogP contribution in [-0.4, -0.2) is 38.2 Å². The van der Waals surface area contributed by atoms with Gasteiger partial charge in [-0.15, -0.1) is 10.2 Å². The smallest absolute Gasteiger partial charge is 0.267 e. The first kappa shape index (κ1) is 15.9. The first-order valence-electron chi connectivity index (χ1n) is 8.66. The topological polar surface area (TPSA) is 67.9 Å². The Labute approximate surface area is 146 Å². The highest BCUT2D eigenvalue weighted by Crippen LogP contribution is 2.28. The van der Waals surface area contributed by atoms with Crippen LogP contribution >= 0.6 is 0 Å². The third kappa shape index (κ3) is 3.74. The number of benzene rings is 1. The normalized spacial score (nSPS) is 18.4. The molecule has 1 unspecified atom stereocenters. The molecular weight excluding hydrogens is 314 g/mol. The second-order valence-electron chi connectivity index (χ2n) is 6.55. The van der Waals surface area contributed by atoms with Gasteiger partial charge in [0, 0.05) is 19.3 Å². The molecule has 0 amide bonds. The lowest BCUT2D eigenvalue weighted by atomic mass is 9.97. The van der Waals surface area contributed by atoms with Crippen LogP contribution in [0, 0.1) is 6.92 Å². The van der Waals surface area contributed by atoms with Crippen LogP contribution < -0.4 is 0 Å². The van der Waals surface area contributed by atoms with Crippen molar-refractivity contribution in [3.05, 3.63) is 59.9 Å². The molecule has 0 bridgehead atoms. The monoisotopic (exact) mass is 335 g/mol. The summed E-state index contributed by atoms with van der Waals surface area (Å²) in [6.45, 7) is 4.91. The van der Waals surface area contributed by atoms with Crippen LogP contribution in [0.1, 0.15) is 35.9 Å². The molecule has 3 aromatic rings. The summed E-state index contributed by atoms with van der Waals surface area (Å²) in [5, 5.41) is 8.43. The van der Waals surface area contributed by atoms with Gasteiger partial charge in [0.2, 0.25) is 5.89 Å². The Morgan fingerprint density at radius 2 is 2.00 bits per heavy atom. The van der Waals surface area contributed by atoms with Crippen LogP contribution in [0.15, 0.2) is 47.1 Å².